The molecule has 2 N–H and O–H groups in total. The van der Waals surface area contributed by atoms with Gasteiger partial charge in [0.05, 0.1) is 0 Å². The Labute approximate surface area is 144 Å². The van der Waals surface area contributed by atoms with Crippen LogP contribution in [-0.2, 0) is 9.63 Å². The molecule has 7 nitrogen and oxygen atoms in total. The van der Waals surface area contributed by atoms with Gasteiger partial charge in [-0.05, 0) is 37.1 Å². The van der Waals surface area contributed by atoms with E-state index in [1.807, 2.05) is 0 Å². The van der Waals surface area contributed by atoms with Gasteiger partial charge in [0.25, 0.3) is 5.91 Å². The van der Waals surface area contributed by atoms with Gasteiger partial charge in [-0.1, -0.05) is 41.5 Å². The second-order valence-corrected chi connectivity index (χ2v) is 5.57. The molecule has 128 valence electrons. The van der Waals surface area contributed by atoms with Crippen LogP contribution in [0.25, 0.3) is 0 Å². The summed E-state index contributed by atoms with van der Waals surface area (Å²) in [6.45, 7) is 0. The van der Waals surface area contributed by atoms with Crippen LogP contribution in [0.15, 0.2) is 60.7 Å². The summed E-state index contributed by atoms with van der Waals surface area (Å²) in [4.78, 5) is 41.6. The highest BCUT2D eigenvalue weighted by atomic mass is 16.7. The van der Waals surface area contributed by atoms with Crippen LogP contribution in [0.4, 0.5) is 21.0 Å². The van der Waals surface area contributed by atoms with Gasteiger partial charge in [-0.2, -0.15) is 0 Å². The van der Waals surface area contributed by atoms with Crippen molar-refractivity contribution in [3.8, 4) is 0 Å². The number of benzene rings is 2. The number of hydrogen-bond acceptors (Lipinski definition) is 4. The molecule has 3 rings (SSSR count). The molecule has 4 amide bonds. The van der Waals surface area contributed by atoms with Crippen molar-refractivity contribution in [2.24, 2.45) is 5.92 Å². The topological polar surface area (TPSA) is 87.7 Å². The highest BCUT2D eigenvalue weighted by Crippen LogP contribution is 2.31. The molecule has 1 saturated carbocycles. The van der Waals surface area contributed by atoms with E-state index in [9.17, 15) is 14.4 Å². The van der Waals surface area contributed by atoms with Crippen molar-refractivity contribution < 1.29 is 19.2 Å². The highest BCUT2D eigenvalue weighted by Gasteiger charge is 2.39. The van der Waals surface area contributed by atoms with E-state index in [1.165, 1.54) is 0 Å². The molecule has 1 fully saturated rings. The molecule has 0 unspecified atom stereocenters. The molecule has 0 atom stereocenters. The second kappa shape index (κ2) is 7.48. The number of rotatable bonds is 3. The quantitative estimate of drug-likeness (QED) is 0.836. The lowest BCUT2D eigenvalue weighted by Crippen LogP contribution is -2.43. The van der Waals surface area contributed by atoms with E-state index >= 15 is 0 Å². The lowest BCUT2D eigenvalue weighted by atomic mass is 10.3. The summed E-state index contributed by atoms with van der Waals surface area (Å²) in [7, 11) is 0. The Morgan fingerprint density at radius 2 is 1.36 bits per heavy atom. The largest absolute Gasteiger partial charge is 0.436 e. The third-order valence-corrected chi connectivity index (χ3v) is 3.53. The number of nitrogens with one attached hydrogen (secondary N) is 2. The van der Waals surface area contributed by atoms with Crippen molar-refractivity contribution in [3.05, 3.63) is 60.7 Å². The molecule has 0 bridgehead atoms. The zero-order valence-corrected chi connectivity index (χ0v) is 13.3. The zero-order chi connectivity index (χ0) is 17.6. The molecule has 0 spiro atoms. The van der Waals surface area contributed by atoms with Crippen molar-refractivity contribution in [3.63, 3.8) is 0 Å². The van der Waals surface area contributed by atoms with Gasteiger partial charge in [-0.3, -0.25) is 10.1 Å². The van der Waals surface area contributed by atoms with Gasteiger partial charge in [0.2, 0.25) is 0 Å². The molecule has 0 saturated heterocycles. The Morgan fingerprint density at radius 3 is 1.88 bits per heavy atom. The Hall–Kier alpha value is -3.35. The van der Waals surface area contributed by atoms with E-state index in [0.29, 0.717) is 29.3 Å². The third kappa shape index (κ3) is 4.57. The number of urea groups is 1. The number of hydrogen-bond donors (Lipinski definition) is 2. The summed E-state index contributed by atoms with van der Waals surface area (Å²) < 4.78 is 0. The first kappa shape index (κ1) is 16.5. The lowest BCUT2D eigenvalue weighted by Gasteiger charge is -2.19. The summed E-state index contributed by atoms with van der Waals surface area (Å²) >= 11 is 0. The molecule has 7 heteroatoms. The maximum Gasteiger partial charge on any atom is 0.436 e. The standard InChI is InChI=1S/C18H17N3O4/c22-16(13-11-12-13)21(17(23)19-14-7-3-1-4-8-14)25-18(24)20-15-9-5-2-6-10-15/h1-10,13H,11-12H2,(H,19,23)(H,20,24). The van der Waals surface area contributed by atoms with Crippen LogP contribution in [0, 0.1) is 5.92 Å². The van der Waals surface area contributed by atoms with Gasteiger partial charge in [-0.15, -0.1) is 0 Å². The molecule has 0 heterocycles. The first-order chi connectivity index (χ1) is 12.1. The van der Waals surface area contributed by atoms with E-state index in [1.54, 1.807) is 60.7 Å². The number of carbonyl (C=O) groups is 3. The van der Waals surface area contributed by atoms with E-state index in [-0.39, 0.29) is 5.92 Å². The molecule has 0 aromatic heterocycles. The summed E-state index contributed by atoms with van der Waals surface area (Å²) in [6.07, 6.45) is 0.443. The van der Waals surface area contributed by atoms with Crippen LogP contribution in [0.1, 0.15) is 12.8 Å². The van der Waals surface area contributed by atoms with Crippen LogP contribution < -0.4 is 10.6 Å². The van der Waals surface area contributed by atoms with Gasteiger partial charge >= 0.3 is 12.1 Å². The average Bonchev–Trinajstić information content (AvgIpc) is 3.46. The fourth-order valence-electron chi connectivity index (χ4n) is 2.12. The summed E-state index contributed by atoms with van der Waals surface area (Å²) in [5.41, 5.74) is 0.989. The van der Waals surface area contributed by atoms with Crippen LogP contribution in [0.2, 0.25) is 0 Å². The second-order valence-electron chi connectivity index (χ2n) is 5.57. The smallest absolute Gasteiger partial charge is 0.309 e. The highest BCUT2D eigenvalue weighted by molar-refractivity contribution is 6.02. The maximum atomic E-state index is 12.4. The van der Waals surface area contributed by atoms with E-state index in [4.69, 9.17) is 4.84 Å². The molecular formula is C18H17N3O4. The van der Waals surface area contributed by atoms with Gasteiger partial charge in [-0.25, -0.2) is 9.59 Å². The van der Waals surface area contributed by atoms with Gasteiger partial charge in [0.1, 0.15) is 0 Å². The molecule has 0 radical (unpaired) electrons. The number of carbonyl (C=O) groups excluding carboxylic acids is 3. The molecule has 1 aliphatic rings. The molecule has 0 aliphatic heterocycles. The van der Waals surface area contributed by atoms with Crippen molar-refractivity contribution in [2.45, 2.75) is 12.8 Å². The van der Waals surface area contributed by atoms with Crippen LogP contribution >= 0.6 is 0 Å². The predicted octanol–water partition coefficient (Wildman–Crippen LogP) is 3.62. The minimum Gasteiger partial charge on any atom is -0.309 e. The molecule has 1 aliphatic carbocycles. The summed E-state index contributed by atoms with van der Waals surface area (Å²) in [5, 5.41) is 5.50. The Kier molecular flexibility index (Phi) is 4.94. The van der Waals surface area contributed by atoms with E-state index in [0.717, 1.165) is 0 Å². The first-order valence-corrected chi connectivity index (χ1v) is 7.87. The van der Waals surface area contributed by atoms with Crippen LogP contribution in [0.3, 0.4) is 0 Å². The monoisotopic (exact) mass is 339 g/mol. The number of para-hydroxylation sites is 2. The number of hydroxylamine groups is 2. The zero-order valence-electron chi connectivity index (χ0n) is 13.3. The number of amides is 4. The van der Waals surface area contributed by atoms with Crippen LogP contribution in [-0.4, -0.2) is 23.1 Å². The van der Waals surface area contributed by atoms with Crippen molar-refractivity contribution >= 4 is 29.4 Å². The van der Waals surface area contributed by atoms with Gasteiger partial charge in [0, 0.05) is 17.3 Å². The first-order valence-electron chi connectivity index (χ1n) is 7.87. The normalized spacial score (nSPS) is 12.8. The van der Waals surface area contributed by atoms with Crippen LogP contribution in [0.5, 0.6) is 0 Å². The number of imide groups is 1. The maximum absolute atomic E-state index is 12.4. The van der Waals surface area contributed by atoms with Crippen molar-refractivity contribution in [1.82, 2.24) is 5.06 Å². The SMILES string of the molecule is O=C(Nc1ccccc1)ON(C(=O)Nc1ccccc1)C(=O)C1CC1. The van der Waals surface area contributed by atoms with Crippen molar-refractivity contribution in [2.75, 3.05) is 10.6 Å². The lowest BCUT2D eigenvalue weighted by molar-refractivity contribution is -0.153. The molecular weight excluding hydrogens is 322 g/mol. The number of anilines is 2. The molecule has 25 heavy (non-hydrogen) atoms. The molecule has 2 aromatic carbocycles. The van der Waals surface area contributed by atoms with Crippen molar-refractivity contribution in [1.29, 1.82) is 0 Å². The number of nitrogens with zero attached hydrogens (tertiary/aromatic N) is 1. The molecule has 2 aromatic rings. The summed E-state index contributed by atoms with van der Waals surface area (Å²) in [5.74, 6) is -0.817. The van der Waals surface area contributed by atoms with Gasteiger partial charge < -0.3 is 10.2 Å². The van der Waals surface area contributed by atoms with E-state index in [2.05, 4.69) is 10.6 Å². The van der Waals surface area contributed by atoms with E-state index < -0.39 is 18.0 Å². The van der Waals surface area contributed by atoms with Gasteiger partial charge in [0.15, 0.2) is 0 Å². The third-order valence-electron chi connectivity index (χ3n) is 3.53. The predicted molar refractivity (Wildman–Crippen MR) is 91.6 cm³/mol. The Bertz CT molecular complexity index is 760. The Balaban J connectivity index is 1.67. The minimum absolute atomic E-state index is 0.286. The fraction of sp³-hybridized carbons (Fsp3) is 0.167. The average molecular weight is 339 g/mol. The minimum atomic E-state index is -0.914. The summed E-state index contributed by atoms with van der Waals surface area (Å²) in [6, 6.07) is 16.4. The fourth-order valence-corrected chi connectivity index (χ4v) is 2.12. The Morgan fingerprint density at radius 1 is 0.840 bits per heavy atom.